The summed E-state index contributed by atoms with van der Waals surface area (Å²) in [6.45, 7) is 6.84. The second kappa shape index (κ2) is 6.30. The summed E-state index contributed by atoms with van der Waals surface area (Å²) >= 11 is 1.33. The molecule has 0 saturated carbocycles. The molecule has 0 atom stereocenters. The first-order valence-corrected chi connectivity index (χ1v) is 7.53. The molecule has 21 heavy (non-hydrogen) atoms. The van der Waals surface area contributed by atoms with Crippen LogP contribution in [-0.4, -0.2) is 23.7 Å². The Morgan fingerprint density at radius 2 is 2.05 bits per heavy atom. The van der Waals surface area contributed by atoms with Gasteiger partial charge in [-0.15, -0.1) is 5.10 Å². The van der Waals surface area contributed by atoms with Crippen molar-refractivity contribution in [3.05, 3.63) is 29.5 Å². The van der Waals surface area contributed by atoms with Crippen LogP contribution in [0.4, 0.5) is 5.00 Å². The number of benzene rings is 1. The van der Waals surface area contributed by atoms with Crippen molar-refractivity contribution in [2.45, 2.75) is 32.8 Å². The van der Waals surface area contributed by atoms with Gasteiger partial charge in [0, 0.05) is 24.1 Å². The van der Waals surface area contributed by atoms with Crippen molar-refractivity contribution in [1.29, 1.82) is 0 Å². The van der Waals surface area contributed by atoms with Gasteiger partial charge in [-0.2, -0.15) is 0 Å². The van der Waals surface area contributed by atoms with Gasteiger partial charge >= 0.3 is 0 Å². The van der Waals surface area contributed by atoms with Crippen LogP contribution in [0, 0.1) is 0 Å². The summed E-state index contributed by atoms with van der Waals surface area (Å²) in [4.78, 5) is 0. The molecule has 2 rings (SSSR count). The van der Waals surface area contributed by atoms with Crippen LogP contribution in [-0.2, 0) is 12.0 Å². The number of methoxy groups -OCH3 is 1. The van der Waals surface area contributed by atoms with Gasteiger partial charge in [-0.05, 0) is 23.6 Å². The Hall–Kier alpha value is -1.82. The molecule has 0 spiro atoms. The molecule has 1 N–H and O–H groups in total. The normalized spacial score (nSPS) is 11.3. The van der Waals surface area contributed by atoms with Gasteiger partial charge in [0.25, 0.3) is 0 Å². The molecule has 0 bridgehead atoms. The SMILES string of the molecule is CNc1snnc1COc1ccc(OC)cc1C(C)(C)C. The standard InChI is InChI=1S/C15H21N3O2S/c1-15(2,3)11-8-10(19-5)6-7-13(11)20-9-12-14(16-4)21-18-17-12/h6-8,16H,9H2,1-5H3. The molecular formula is C15H21N3O2S. The molecule has 2 aromatic rings. The van der Waals surface area contributed by atoms with Crippen molar-refractivity contribution in [1.82, 2.24) is 9.59 Å². The quantitative estimate of drug-likeness (QED) is 0.916. The van der Waals surface area contributed by atoms with Gasteiger partial charge in [0.05, 0.1) is 7.11 Å². The lowest BCUT2D eigenvalue weighted by Crippen LogP contribution is -2.14. The van der Waals surface area contributed by atoms with Crippen molar-refractivity contribution in [2.75, 3.05) is 19.5 Å². The van der Waals surface area contributed by atoms with Crippen LogP contribution < -0.4 is 14.8 Å². The van der Waals surface area contributed by atoms with E-state index in [0.29, 0.717) is 6.61 Å². The molecule has 1 aromatic heterocycles. The fourth-order valence-electron chi connectivity index (χ4n) is 1.99. The summed E-state index contributed by atoms with van der Waals surface area (Å²) in [6, 6.07) is 5.87. The number of nitrogens with one attached hydrogen (secondary N) is 1. The maximum absolute atomic E-state index is 5.96. The number of hydrogen-bond acceptors (Lipinski definition) is 6. The van der Waals surface area contributed by atoms with Crippen molar-refractivity contribution >= 4 is 16.5 Å². The molecule has 114 valence electrons. The summed E-state index contributed by atoms with van der Waals surface area (Å²) in [6.07, 6.45) is 0. The van der Waals surface area contributed by atoms with Crippen molar-refractivity contribution in [3.8, 4) is 11.5 Å². The van der Waals surface area contributed by atoms with E-state index in [4.69, 9.17) is 9.47 Å². The lowest BCUT2D eigenvalue weighted by molar-refractivity contribution is 0.292. The van der Waals surface area contributed by atoms with Crippen LogP contribution in [0.5, 0.6) is 11.5 Å². The van der Waals surface area contributed by atoms with Crippen LogP contribution >= 0.6 is 11.5 Å². The molecule has 0 fully saturated rings. The van der Waals surface area contributed by atoms with E-state index < -0.39 is 0 Å². The highest BCUT2D eigenvalue weighted by molar-refractivity contribution is 7.10. The Kier molecular flexibility index (Phi) is 4.67. The molecule has 0 radical (unpaired) electrons. The average molecular weight is 307 g/mol. The summed E-state index contributed by atoms with van der Waals surface area (Å²) in [5, 5.41) is 8.08. The summed E-state index contributed by atoms with van der Waals surface area (Å²) in [5.74, 6) is 1.68. The maximum atomic E-state index is 5.96. The predicted molar refractivity (Wildman–Crippen MR) is 85.5 cm³/mol. The van der Waals surface area contributed by atoms with Crippen LogP contribution in [0.25, 0.3) is 0 Å². The Bertz CT molecular complexity index is 605. The highest BCUT2D eigenvalue weighted by Crippen LogP contribution is 2.35. The molecule has 0 aliphatic heterocycles. The smallest absolute Gasteiger partial charge is 0.136 e. The Balaban J connectivity index is 2.23. The number of ether oxygens (including phenoxy) is 2. The zero-order valence-corrected chi connectivity index (χ0v) is 13.9. The van der Waals surface area contributed by atoms with Gasteiger partial charge in [-0.1, -0.05) is 25.3 Å². The first-order chi connectivity index (χ1) is 9.95. The molecule has 1 aromatic carbocycles. The van der Waals surface area contributed by atoms with Crippen molar-refractivity contribution < 1.29 is 9.47 Å². The van der Waals surface area contributed by atoms with Gasteiger partial charge in [0.15, 0.2) is 0 Å². The maximum Gasteiger partial charge on any atom is 0.136 e. The largest absolute Gasteiger partial charge is 0.497 e. The van der Waals surface area contributed by atoms with E-state index >= 15 is 0 Å². The molecule has 0 unspecified atom stereocenters. The van der Waals surface area contributed by atoms with Gasteiger partial charge in [-0.25, -0.2) is 0 Å². The summed E-state index contributed by atoms with van der Waals surface area (Å²) < 4.78 is 15.2. The molecule has 5 nitrogen and oxygen atoms in total. The lowest BCUT2D eigenvalue weighted by atomic mass is 9.86. The van der Waals surface area contributed by atoms with E-state index in [9.17, 15) is 0 Å². The van der Waals surface area contributed by atoms with E-state index in [0.717, 1.165) is 27.8 Å². The van der Waals surface area contributed by atoms with Crippen molar-refractivity contribution in [2.24, 2.45) is 0 Å². The van der Waals surface area contributed by atoms with Crippen LogP contribution in [0.2, 0.25) is 0 Å². The third-order valence-corrected chi connectivity index (χ3v) is 3.93. The third-order valence-electron chi connectivity index (χ3n) is 3.14. The number of aromatic nitrogens is 2. The van der Waals surface area contributed by atoms with E-state index in [1.807, 2.05) is 25.2 Å². The average Bonchev–Trinajstić information content (AvgIpc) is 2.91. The molecule has 0 saturated heterocycles. The minimum absolute atomic E-state index is 0.0317. The van der Waals surface area contributed by atoms with Crippen LogP contribution in [0.15, 0.2) is 18.2 Å². The molecule has 1 heterocycles. The molecule has 0 aliphatic rings. The Morgan fingerprint density at radius 1 is 1.29 bits per heavy atom. The molecule has 0 aliphatic carbocycles. The van der Waals surface area contributed by atoms with Gasteiger partial charge in [0.2, 0.25) is 0 Å². The highest BCUT2D eigenvalue weighted by atomic mass is 32.1. The number of anilines is 1. The summed E-state index contributed by atoms with van der Waals surface area (Å²) in [7, 11) is 3.52. The Morgan fingerprint density at radius 3 is 2.67 bits per heavy atom. The first kappa shape index (κ1) is 15.6. The minimum Gasteiger partial charge on any atom is -0.497 e. The zero-order chi connectivity index (χ0) is 15.5. The van der Waals surface area contributed by atoms with Crippen LogP contribution in [0.3, 0.4) is 0 Å². The fraction of sp³-hybridized carbons (Fsp3) is 0.467. The minimum atomic E-state index is -0.0317. The monoisotopic (exact) mass is 307 g/mol. The fourth-order valence-corrected chi connectivity index (χ4v) is 2.50. The second-order valence-electron chi connectivity index (χ2n) is 5.70. The molecule has 6 heteroatoms. The predicted octanol–water partition coefficient (Wildman–Crippen LogP) is 3.46. The third kappa shape index (κ3) is 3.64. The lowest BCUT2D eigenvalue weighted by Gasteiger charge is -2.23. The number of rotatable bonds is 5. The Labute approximate surface area is 129 Å². The van der Waals surface area contributed by atoms with E-state index in [1.165, 1.54) is 11.5 Å². The van der Waals surface area contributed by atoms with E-state index in [1.54, 1.807) is 7.11 Å². The highest BCUT2D eigenvalue weighted by Gasteiger charge is 2.20. The van der Waals surface area contributed by atoms with Crippen LogP contribution in [0.1, 0.15) is 32.0 Å². The van der Waals surface area contributed by atoms with E-state index in [-0.39, 0.29) is 5.41 Å². The first-order valence-electron chi connectivity index (χ1n) is 6.76. The summed E-state index contributed by atoms with van der Waals surface area (Å²) in [5.41, 5.74) is 1.89. The van der Waals surface area contributed by atoms with Gasteiger partial charge in [-0.3, -0.25) is 0 Å². The second-order valence-corrected chi connectivity index (χ2v) is 6.45. The van der Waals surface area contributed by atoms with Gasteiger partial charge < -0.3 is 14.8 Å². The zero-order valence-electron chi connectivity index (χ0n) is 13.1. The van der Waals surface area contributed by atoms with Gasteiger partial charge in [0.1, 0.15) is 28.8 Å². The van der Waals surface area contributed by atoms with Crippen molar-refractivity contribution in [3.63, 3.8) is 0 Å². The van der Waals surface area contributed by atoms with E-state index in [2.05, 4.69) is 35.7 Å². The topological polar surface area (TPSA) is 56.3 Å². The number of hydrogen-bond donors (Lipinski definition) is 1. The number of nitrogens with zero attached hydrogens (tertiary/aromatic N) is 2. The molecular weight excluding hydrogens is 286 g/mol. The molecule has 0 amide bonds.